The van der Waals surface area contributed by atoms with Gasteiger partial charge in [0.25, 0.3) is 5.91 Å². The van der Waals surface area contributed by atoms with Crippen LogP contribution in [0.25, 0.3) is 0 Å². The molecule has 0 aliphatic carbocycles. The second-order valence-corrected chi connectivity index (χ2v) is 4.78. The summed E-state index contributed by atoms with van der Waals surface area (Å²) in [4.78, 5) is 18.4. The molecule has 0 bridgehead atoms. The van der Waals surface area contributed by atoms with Crippen LogP contribution in [-0.4, -0.2) is 33.4 Å². The average molecular weight is 221 g/mol. The maximum Gasteiger partial charge on any atom is 0.274 e. The Kier molecular flexibility index (Phi) is 2.99. The van der Waals surface area contributed by atoms with Gasteiger partial charge in [0.1, 0.15) is 11.5 Å². The average Bonchev–Trinajstić information content (AvgIpc) is 2.58. The maximum atomic E-state index is 12.2. The van der Waals surface area contributed by atoms with E-state index in [4.69, 9.17) is 0 Å². The largest absolute Gasteiger partial charge is 0.337 e. The van der Waals surface area contributed by atoms with Crippen molar-refractivity contribution >= 4 is 5.91 Å². The van der Waals surface area contributed by atoms with Crippen molar-refractivity contribution in [2.45, 2.75) is 26.7 Å². The highest BCUT2D eigenvalue weighted by Gasteiger charge is 2.23. The molecule has 0 saturated carbocycles. The van der Waals surface area contributed by atoms with Crippen LogP contribution >= 0.6 is 0 Å². The van der Waals surface area contributed by atoms with E-state index in [2.05, 4.69) is 11.9 Å². The number of carbonyl (C=O) groups is 1. The first-order valence-electron chi connectivity index (χ1n) is 5.87. The number of likely N-dealkylation sites (tertiary alicyclic amines) is 1. The molecule has 1 aliphatic heterocycles. The number of hydrogen-bond donors (Lipinski definition) is 0. The highest BCUT2D eigenvalue weighted by molar-refractivity contribution is 5.92. The van der Waals surface area contributed by atoms with Gasteiger partial charge < -0.3 is 9.47 Å². The zero-order valence-electron chi connectivity index (χ0n) is 10.2. The van der Waals surface area contributed by atoms with Gasteiger partial charge in [0.2, 0.25) is 0 Å². The summed E-state index contributed by atoms with van der Waals surface area (Å²) in [5.41, 5.74) is 0.578. The molecule has 4 nitrogen and oxygen atoms in total. The molecule has 1 atom stereocenters. The second kappa shape index (κ2) is 4.28. The monoisotopic (exact) mass is 221 g/mol. The molecule has 16 heavy (non-hydrogen) atoms. The molecule has 1 fully saturated rings. The maximum absolute atomic E-state index is 12.2. The molecule has 1 aromatic rings. The highest BCUT2D eigenvalue weighted by Crippen LogP contribution is 2.17. The minimum atomic E-state index is 0.0789. The van der Waals surface area contributed by atoms with E-state index < -0.39 is 0 Å². The minimum Gasteiger partial charge on any atom is -0.337 e. The Morgan fingerprint density at radius 1 is 1.56 bits per heavy atom. The molecule has 88 valence electrons. The molecule has 1 unspecified atom stereocenters. The van der Waals surface area contributed by atoms with Crippen LogP contribution < -0.4 is 0 Å². The Morgan fingerprint density at radius 3 is 2.88 bits per heavy atom. The summed E-state index contributed by atoms with van der Waals surface area (Å²) < 4.78 is 1.89. The molecular weight excluding hydrogens is 202 g/mol. The molecule has 1 saturated heterocycles. The number of nitrogens with zero attached hydrogens (tertiary/aromatic N) is 3. The number of aromatic nitrogens is 2. The fraction of sp³-hybridized carbons (Fsp3) is 0.667. The van der Waals surface area contributed by atoms with Crippen LogP contribution in [0.15, 0.2) is 6.20 Å². The van der Waals surface area contributed by atoms with Gasteiger partial charge in [-0.25, -0.2) is 4.98 Å². The number of piperidine rings is 1. The number of aryl methyl sites for hydroxylation is 2. The van der Waals surface area contributed by atoms with Crippen LogP contribution in [0.4, 0.5) is 0 Å². The third-order valence-corrected chi connectivity index (χ3v) is 3.27. The van der Waals surface area contributed by atoms with Crippen molar-refractivity contribution in [3.8, 4) is 0 Å². The van der Waals surface area contributed by atoms with Gasteiger partial charge in [-0.05, 0) is 25.7 Å². The van der Waals surface area contributed by atoms with Crippen molar-refractivity contribution in [1.82, 2.24) is 14.5 Å². The van der Waals surface area contributed by atoms with Crippen LogP contribution in [-0.2, 0) is 7.05 Å². The van der Waals surface area contributed by atoms with E-state index >= 15 is 0 Å². The van der Waals surface area contributed by atoms with Gasteiger partial charge in [0.15, 0.2) is 0 Å². The zero-order valence-corrected chi connectivity index (χ0v) is 10.2. The summed E-state index contributed by atoms with van der Waals surface area (Å²) in [7, 11) is 1.91. The Balaban J connectivity index is 2.12. The summed E-state index contributed by atoms with van der Waals surface area (Å²) in [5.74, 6) is 1.58. The molecule has 4 heteroatoms. The molecule has 1 aliphatic rings. The van der Waals surface area contributed by atoms with E-state index in [0.29, 0.717) is 11.6 Å². The van der Waals surface area contributed by atoms with Crippen molar-refractivity contribution in [3.63, 3.8) is 0 Å². The summed E-state index contributed by atoms with van der Waals surface area (Å²) >= 11 is 0. The standard InChI is InChI=1S/C12H19N3O/c1-9-5-4-6-15(7-9)12(16)11-8-14(3)10(2)13-11/h8-9H,4-7H2,1-3H3. The molecule has 2 heterocycles. The number of hydrogen-bond acceptors (Lipinski definition) is 2. The lowest BCUT2D eigenvalue weighted by atomic mass is 10.0. The predicted molar refractivity (Wildman–Crippen MR) is 62.2 cm³/mol. The summed E-state index contributed by atoms with van der Waals surface area (Å²) in [6.45, 7) is 5.85. The fourth-order valence-corrected chi connectivity index (χ4v) is 2.20. The lowest BCUT2D eigenvalue weighted by Crippen LogP contribution is -2.39. The van der Waals surface area contributed by atoms with Crippen molar-refractivity contribution in [2.75, 3.05) is 13.1 Å². The quantitative estimate of drug-likeness (QED) is 0.722. The predicted octanol–water partition coefficient (Wildman–Crippen LogP) is 1.60. The van der Waals surface area contributed by atoms with Gasteiger partial charge in [-0.15, -0.1) is 0 Å². The third-order valence-electron chi connectivity index (χ3n) is 3.27. The fourth-order valence-electron chi connectivity index (χ4n) is 2.20. The van der Waals surface area contributed by atoms with E-state index in [9.17, 15) is 4.79 Å². The van der Waals surface area contributed by atoms with Crippen molar-refractivity contribution in [3.05, 3.63) is 17.7 Å². The van der Waals surface area contributed by atoms with Crippen molar-refractivity contribution in [2.24, 2.45) is 13.0 Å². The van der Waals surface area contributed by atoms with E-state index in [1.54, 1.807) is 0 Å². The molecular formula is C12H19N3O. The van der Waals surface area contributed by atoms with Gasteiger partial charge in [0.05, 0.1) is 0 Å². The summed E-state index contributed by atoms with van der Waals surface area (Å²) in [6, 6.07) is 0. The second-order valence-electron chi connectivity index (χ2n) is 4.78. The van der Waals surface area contributed by atoms with Crippen LogP contribution in [0.5, 0.6) is 0 Å². The van der Waals surface area contributed by atoms with E-state index in [0.717, 1.165) is 25.3 Å². The van der Waals surface area contributed by atoms with E-state index in [1.807, 2.05) is 29.6 Å². The summed E-state index contributed by atoms with van der Waals surface area (Å²) in [5, 5.41) is 0. The first kappa shape index (κ1) is 11.2. The number of rotatable bonds is 1. The first-order chi connectivity index (χ1) is 7.58. The SMILES string of the molecule is Cc1nc(C(=O)N2CCCC(C)C2)cn1C. The minimum absolute atomic E-state index is 0.0789. The molecule has 0 aromatic carbocycles. The lowest BCUT2D eigenvalue weighted by Gasteiger charge is -2.30. The smallest absolute Gasteiger partial charge is 0.274 e. The van der Waals surface area contributed by atoms with Gasteiger partial charge in [-0.2, -0.15) is 0 Å². The molecule has 1 aromatic heterocycles. The third kappa shape index (κ3) is 2.10. The van der Waals surface area contributed by atoms with Crippen LogP contribution in [0, 0.1) is 12.8 Å². The number of imidazole rings is 1. The summed E-state index contributed by atoms with van der Waals surface area (Å²) in [6.07, 6.45) is 4.15. The van der Waals surface area contributed by atoms with Crippen LogP contribution in [0.3, 0.4) is 0 Å². The molecule has 0 spiro atoms. The van der Waals surface area contributed by atoms with Gasteiger partial charge in [0, 0.05) is 26.3 Å². The Morgan fingerprint density at radius 2 is 2.31 bits per heavy atom. The highest BCUT2D eigenvalue weighted by atomic mass is 16.2. The Labute approximate surface area is 96.3 Å². The molecule has 0 radical (unpaired) electrons. The van der Waals surface area contributed by atoms with Gasteiger partial charge >= 0.3 is 0 Å². The lowest BCUT2D eigenvalue weighted by molar-refractivity contribution is 0.0677. The molecule has 2 rings (SSSR count). The topological polar surface area (TPSA) is 38.1 Å². The molecule has 1 amide bonds. The first-order valence-corrected chi connectivity index (χ1v) is 5.87. The molecule has 0 N–H and O–H groups in total. The number of carbonyl (C=O) groups excluding carboxylic acids is 1. The van der Waals surface area contributed by atoms with Crippen LogP contribution in [0.1, 0.15) is 36.1 Å². The van der Waals surface area contributed by atoms with Gasteiger partial charge in [-0.1, -0.05) is 6.92 Å². The normalized spacial score (nSPS) is 21.2. The zero-order chi connectivity index (χ0) is 11.7. The number of amides is 1. The van der Waals surface area contributed by atoms with Crippen molar-refractivity contribution in [1.29, 1.82) is 0 Å². The Hall–Kier alpha value is -1.32. The van der Waals surface area contributed by atoms with Crippen LogP contribution in [0.2, 0.25) is 0 Å². The Bertz CT molecular complexity index is 377. The van der Waals surface area contributed by atoms with E-state index in [-0.39, 0.29) is 5.91 Å². The van der Waals surface area contributed by atoms with Crippen molar-refractivity contribution < 1.29 is 4.79 Å². The van der Waals surface area contributed by atoms with E-state index in [1.165, 1.54) is 6.42 Å². The van der Waals surface area contributed by atoms with Gasteiger partial charge in [-0.3, -0.25) is 4.79 Å².